The van der Waals surface area contributed by atoms with Crippen molar-refractivity contribution < 1.29 is 4.79 Å². The Morgan fingerprint density at radius 3 is 2.28 bits per heavy atom. The number of urea groups is 1. The molecule has 1 aromatic heterocycles. The van der Waals surface area contributed by atoms with Crippen molar-refractivity contribution in [3.63, 3.8) is 0 Å². The van der Waals surface area contributed by atoms with E-state index in [-0.39, 0.29) is 12.1 Å². The van der Waals surface area contributed by atoms with Crippen molar-refractivity contribution in [2.45, 2.75) is 39.2 Å². The number of nitrogens with one attached hydrogen (secondary N) is 1. The summed E-state index contributed by atoms with van der Waals surface area (Å²) >= 11 is 0. The highest BCUT2D eigenvalue weighted by Gasteiger charge is 2.17. The molecule has 29 heavy (non-hydrogen) atoms. The van der Waals surface area contributed by atoms with Gasteiger partial charge >= 0.3 is 6.03 Å². The molecule has 3 aromatic rings. The summed E-state index contributed by atoms with van der Waals surface area (Å²) in [5.74, 6) is 0.532. The van der Waals surface area contributed by atoms with E-state index in [1.807, 2.05) is 38.2 Å². The van der Waals surface area contributed by atoms with Crippen LogP contribution in [0.5, 0.6) is 0 Å². The predicted molar refractivity (Wildman–Crippen MR) is 115 cm³/mol. The van der Waals surface area contributed by atoms with Crippen LogP contribution in [0, 0.1) is 0 Å². The Kier molecular flexibility index (Phi) is 6.65. The van der Waals surface area contributed by atoms with Crippen LogP contribution < -0.4 is 5.32 Å². The molecule has 2 amide bonds. The van der Waals surface area contributed by atoms with E-state index in [4.69, 9.17) is 0 Å². The van der Waals surface area contributed by atoms with E-state index in [0.29, 0.717) is 12.5 Å². The molecule has 0 radical (unpaired) electrons. The number of aromatic nitrogens is 3. The minimum atomic E-state index is -0.0725. The summed E-state index contributed by atoms with van der Waals surface area (Å²) in [6.45, 7) is 7.01. The molecule has 1 unspecified atom stereocenters. The van der Waals surface area contributed by atoms with E-state index in [2.05, 4.69) is 53.5 Å². The molecule has 0 fully saturated rings. The lowest BCUT2D eigenvalue weighted by atomic mass is 10.0. The van der Waals surface area contributed by atoms with Crippen molar-refractivity contribution >= 4 is 6.03 Å². The highest BCUT2D eigenvalue weighted by Crippen LogP contribution is 2.20. The first-order chi connectivity index (χ1) is 14.0. The molecule has 0 bridgehead atoms. The monoisotopic (exact) mass is 391 g/mol. The molecule has 152 valence electrons. The molecule has 0 saturated carbocycles. The lowest BCUT2D eigenvalue weighted by Crippen LogP contribution is -2.39. The number of nitrogens with zero attached hydrogens (tertiary/aromatic N) is 4. The first-order valence-electron chi connectivity index (χ1n) is 10.00. The molecule has 0 aliphatic rings. The summed E-state index contributed by atoms with van der Waals surface area (Å²) in [6.07, 6.45) is 3.99. The quantitative estimate of drug-likeness (QED) is 0.652. The Bertz CT molecular complexity index is 901. The fraction of sp³-hybridized carbons (Fsp3) is 0.348. The van der Waals surface area contributed by atoms with Crippen molar-refractivity contribution in [3.05, 3.63) is 77.9 Å². The second-order valence-corrected chi connectivity index (χ2v) is 7.60. The molecule has 0 saturated heterocycles. The predicted octanol–water partition coefficient (Wildman–Crippen LogP) is 4.34. The molecule has 1 atom stereocenters. The number of carbonyl (C=O) groups is 1. The van der Waals surface area contributed by atoms with Gasteiger partial charge in [-0.3, -0.25) is 0 Å². The van der Waals surface area contributed by atoms with E-state index in [1.165, 1.54) is 17.5 Å². The first-order valence-corrected chi connectivity index (χ1v) is 10.00. The van der Waals surface area contributed by atoms with Crippen molar-refractivity contribution in [1.29, 1.82) is 0 Å². The van der Waals surface area contributed by atoms with Crippen LogP contribution >= 0.6 is 0 Å². The third-order valence-corrected chi connectivity index (χ3v) is 5.30. The molecule has 6 nitrogen and oxygen atoms in total. The molecule has 3 rings (SSSR count). The average Bonchev–Trinajstić information content (AvgIpc) is 3.28. The molecule has 1 N–H and O–H groups in total. The lowest BCUT2D eigenvalue weighted by Gasteiger charge is -2.25. The Morgan fingerprint density at radius 1 is 1.03 bits per heavy atom. The van der Waals surface area contributed by atoms with Crippen LogP contribution in [0.2, 0.25) is 0 Å². The fourth-order valence-corrected chi connectivity index (χ4v) is 3.15. The third-order valence-electron chi connectivity index (χ3n) is 5.30. The summed E-state index contributed by atoms with van der Waals surface area (Å²) < 4.78 is 1.71. The molecule has 0 aliphatic carbocycles. The van der Waals surface area contributed by atoms with Crippen LogP contribution in [-0.2, 0) is 6.42 Å². The van der Waals surface area contributed by atoms with E-state index < -0.39 is 0 Å². The van der Waals surface area contributed by atoms with E-state index in [1.54, 1.807) is 15.9 Å². The van der Waals surface area contributed by atoms with Gasteiger partial charge in [0.2, 0.25) is 0 Å². The molecule has 0 aliphatic heterocycles. The van der Waals surface area contributed by atoms with Crippen LogP contribution in [0.15, 0.2) is 61.2 Å². The Labute approximate surface area is 172 Å². The number of rotatable bonds is 7. The number of amides is 2. The molecule has 0 spiro atoms. The zero-order valence-electron chi connectivity index (χ0n) is 17.5. The SMILES string of the molecule is CC(C)c1ccc(CCNC(=O)N(C)C(C)c2ccc(-n3cncn3)cc2)cc1. The normalized spacial score (nSPS) is 12.0. The van der Waals surface area contributed by atoms with Gasteiger partial charge in [0.1, 0.15) is 12.7 Å². The number of carbonyl (C=O) groups excluding carboxylic acids is 1. The van der Waals surface area contributed by atoms with Gasteiger partial charge in [-0.2, -0.15) is 5.10 Å². The Hall–Kier alpha value is -3.15. The van der Waals surface area contributed by atoms with Gasteiger partial charge in [-0.25, -0.2) is 14.5 Å². The van der Waals surface area contributed by atoms with Gasteiger partial charge in [-0.05, 0) is 48.1 Å². The van der Waals surface area contributed by atoms with Gasteiger partial charge in [0.25, 0.3) is 0 Å². The summed E-state index contributed by atoms with van der Waals surface area (Å²) in [4.78, 5) is 18.2. The topological polar surface area (TPSA) is 63.1 Å². The molecule has 6 heteroatoms. The van der Waals surface area contributed by atoms with Gasteiger partial charge in [-0.1, -0.05) is 50.2 Å². The van der Waals surface area contributed by atoms with Crippen molar-refractivity contribution in [2.24, 2.45) is 0 Å². The zero-order valence-corrected chi connectivity index (χ0v) is 17.5. The maximum absolute atomic E-state index is 12.5. The van der Waals surface area contributed by atoms with E-state index >= 15 is 0 Å². The largest absolute Gasteiger partial charge is 0.338 e. The van der Waals surface area contributed by atoms with E-state index in [0.717, 1.165) is 17.7 Å². The minimum Gasteiger partial charge on any atom is -0.338 e. The maximum Gasteiger partial charge on any atom is 0.317 e. The minimum absolute atomic E-state index is 0.0369. The fourth-order valence-electron chi connectivity index (χ4n) is 3.15. The summed E-state index contributed by atoms with van der Waals surface area (Å²) in [5, 5.41) is 7.14. The van der Waals surface area contributed by atoms with Crippen molar-refractivity contribution in [2.75, 3.05) is 13.6 Å². The Morgan fingerprint density at radius 2 is 1.69 bits per heavy atom. The first kappa shape index (κ1) is 20.6. The van der Waals surface area contributed by atoms with Gasteiger partial charge in [0, 0.05) is 13.6 Å². The number of hydrogen-bond donors (Lipinski definition) is 1. The molecule has 2 aromatic carbocycles. The van der Waals surface area contributed by atoms with Gasteiger partial charge < -0.3 is 10.2 Å². The molecular weight excluding hydrogens is 362 g/mol. The second kappa shape index (κ2) is 9.37. The van der Waals surface area contributed by atoms with Gasteiger partial charge in [-0.15, -0.1) is 0 Å². The van der Waals surface area contributed by atoms with Crippen LogP contribution in [0.1, 0.15) is 49.4 Å². The van der Waals surface area contributed by atoms with Crippen molar-refractivity contribution in [1.82, 2.24) is 25.0 Å². The average molecular weight is 392 g/mol. The summed E-state index contributed by atoms with van der Waals surface area (Å²) in [6, 6.07) is 16.5. The highest BCUT2D eigenvalue weighted by molar-refractivity contribution is 5.74. The summed E-state index contributed by atoms with van der Waals surface area (Å²) in [7, 11) is 1.82. The number of hydrogen-bond acceptors (Lipinski definition) is 3. The second-order valence-electron chi connectivity index (χ2n) is 7.60. The summed E-state index contributed by atoms with van der Waals surface area (Å²) in [5.41, 5.74) is 4.57. The van der Waals surface area contributed by atoms with Crippen molar-refractivity contribution in [3.8, 4) is 5.69 Å². The van der Waals surface area contributed by atoms with Crippen LogP contribution in [-0.4, -0.2) is 39.3 Å². The lowest BCUT2D eigenvalue weighted by molar-refractivity contribution is 0.194. The smallest absolute Gasteiger partial charge is 0.317 e. The van der Waals surface area contributed by atoms with Gasteiger partial charge in [0.05, 0.1) is 11.7 Å². The zero-order chi connectivity index (χ0) is 20.8. The molecular formula is C23H29N5O. The van der Waals surface area contributed by atoms with Crippen LogP contribution in [0.4, 0.5) is 4.79 Å². The van der Waals surface area contributed by atoms with Gasteiger partial charge in [0.15, 0.2) is 0 Å². The Balaban J connectivity index is 1.51. The van der Waals surface area contributed by atoms with Crippen LogP contribution in [0.3, 0.4) is 0 Å². The third kappa shape index (κ3) is 5.22. The molecule has 1 heterocycles. The maximum atomic E-state index is 12.5. The highest BCUT2D eigenvalue weighted by atomic mass is 16.2. The van der Waals surface area contributed by atoms with E-state index in [9.17, 15) is 4.79 Å². The van der Waals surface area contributed by atoms with Crippen LogP contribution in [0.25, 0.3) is 5.69 Å². The number of benzene rings is 2. The standard InChI is InChI=1S/C23H29N5O/c1-17(2)20-7-5-19(6-8-20)13-14-25-23(29)27(4)18(3)21-9-11-22(12-10-21)28-16-24-15-26-28/h5-12,15-18H,13-14H2,1-4H3,(H,25,29).